The highest BCUT2D eigenvalue weighted by molar-refractivity contribution is 7.99. The van der Waals surface area contributed by atoms with Gasteiger partial charge in [-0.2, -0.15) is 0 Å². The molecule has 1 aliphatic rings. The smallest absolute Gasteiger partial charge is 0.169 e. The molecule has 0 atom stereocenters. The Morgan fingerprint density at radius 3 is 2.50 bits per heavy atom. The minimum absolute atomic E-state index is 0.571. The van der Waals surface area contributed by atoms with E-state index in [0.717, 1.165) is 23.0 Å². The molecule has 1 aromatic heterocycles. The van der Waals surface area contributed by atoms with Crippen LogP contribution in [0.5, 0.6) is 0 Å². The lowest BCUT2D eigenvalue weighted by atomic mass is 10.1. The van der Waals surface area contributed by atoms with Crippen molar-refractivity contribution in [2.45, 2.75) is 42.6 Å². The Labute approximate surface area is 168 Å². The summed E-state index contributed by atoms with van der Waals surface area (Å²) in [5.74, 6) is 0. The maximum absolute atomic E-state index is 6.25. The van der Waals surface area contributed by atoms with Crippen LogP contribution >= 0.6 is 35.0 Å². The van der Waals surface area contributed by atoms with E-state index in [9.17, 15) is 0 Å². The zero-order chi connectivity index (χ0) is 17.9. The molecule has 0 saturated heterocycles. The van der Waals surface area contributed by atoms with Crippen LogP contribution in [0.25, 0.3) is 11.3 Å². The summed E-state index contributed by atoms with van der Waals surface area (Å²) in [6.45, 7) is 0.797. The van der Waals surface area contributed by atoms with Crippen LogP contribution < -0.4 is 0 Å². The Kier molecular flexibility index (Phi) is 5.58. The Morgan fingerprint density at radius 2 is 1.77 bits per heavy atom. The van der Waals surface area contributed by atoms with Gasteiger partial charge in [0, 0.05) is 10.8 Å². The van der Waals surface area contributed by atoms with Crippen molar-refractivity contribution < 1.29 is 0 Å². The second-order valence-corrected chi connectivity index (χ2v) is 8.73. The summed E-state index contributed by atoms with van der Waals surface area (Å²) in [6, 6.07) is 16.3. The van der Waals surface area contributed by atoms with Gasteiger partial charge >= 0.3 is 0 Å². The number of imidazole rings is 1. The maximum atomic E-state index is 6.25. The molecule has 2 nitrogen and oxygen atoms in total. The van der Waals surface area contributed by atoms with E-state index in [0.29, 0.717) is 15.3 Å². The molecule has 0 aliphatic heterocycles. The highest BCUT2D eigenvalue weighted by Crippen LogP contribution is 2.37. The van der Waals surface area contributed by atoms with Crippen LogP contribution in [0.4, 0.5) is 0 Å². The van der Waals surface area contributed by atoms with E-state index in [1.165, 1.54) is 31.2 Å². The number of hydrogen-bond donors (Lipinski definition) is 0. The van der Waals surface area contributed by atoms with Crippen LogP contribution in [0.2, 0.25) is 10.0 Å². The van der Waals surface area contributed by atoms with Crippen molar-refractivity contribution in [3.63, 3.8) is 0 Å². The molecule has 2 aromatic carbocycles. The van der Waals surface area contributed by atoms with Crippen LogP contribution in [0.1, 0.15) is 31.2 Å². The predicted octanol–water partition coefficient (Wildman–Crippen LogP) is 6.94. The first-order valence-corrected chi connectivity index (χ1v) is 10.6. The highest BCUT2D eigenvalue weighted by Gasteiger charge is 2.21. The summed E-state index contributed by atoms with van der Waals surface area (Å²) >= 11 is 14.3. The average Bonchev–Trinajstić information content (AvgIpc) is 3.30. The lowest BCUT2D eigenvalue weighted by molar-refractivity contribution is 0.711. The minimum atomic E-state index is 0.571. The Balaban J connectivity index is 1.72. The molecular weight excluding hydrogens is 383 g/mol. The molecule has 3 aromatic rings. The molecule has 0 amide bonds. The first-order chi connectivity index (χ1) is 12.7. The van der Waals surface area contributed by atoms with Gasteiger partial charge in [0.25, 0.3) is 0 Å². The summed E-state index contributed by atoms with van der Waals surface area (Å²) < 4.78 is 2.30. The van der Waals surface area contributed by atoms with Crippen molar-refractivity contribution in [2.75, 3.05) is 0 Å². The highest BCUT2D eigenvalue weighted by atomic mass is 35.5. The van der Waals surface area contributed by atoms with Crippen molar-refractivity contribution >= 4 is 35.0 Å². The standard InChI is InChI=1S/C21H20Cl2N2S/c22-18-11-10-16(12-19(18)23)20-13-24-21(26-17-8-4-5-9-17)25(20)14-15-6-2-1-3-7-15/h1-3,6-7,10-13,17H,4-5,8-9,14H2. The van der Waals surface area contributed by atoms with Crippen molar-refractivity contribution in [3.8, 4) is 11.3 Å². The second kappa shape index (κ2) is 8.08. The first kappa shape index (κ1) is 18.0. The molecule has 0 N–H and O–H groups in total. The van der Waals surface area contributed by atoms with Crippen LogP contribution in [0, 0.1) is 0 Å². The molecule has 5 heteroatoms. The molecule has 0 radical (unpaired) electrons. The van der Waals surface area contributed by atoms with Crippen LogP contribution in [0.3, 0.4) is 0 Å². The first-order valence-electron chi connectivity index (χ1n) is 8.92. The van der Waals surface area contributed by atoms with E-state index < -0.39 is 0 Å². The topological polar surface area (TPSA) is 17.8 Å². The molecule has 4 rings (SSSR count). The second-order valence-electron chi connectivity index (χ2n) is 6.65. The number of rotatable bonds is 5. The molecule has 0 unspecified atom stereocenters. The maximum Gasteiger partial charge on any atom is 0.169 e. The van der Waals surface area contributed by atoms with Gasteiger partial charge < -0.3 is 4.57 Å². The molecule has 1 fully saturated rings. The van der Waals surface area contributed by atoms with Crippen molar-refractivity contribution in [1.29, 1.82) is 0 Å². The van der Waals surface area contributed by atoms with Crippen LogP contribution in [-0.4, -0.2) is 14.8 Å². The summed E-state index contributed by atoms with van der Waals surface area (Å²) in [5, 5.41) is 2.90. The largest absolute Gasteiger partial charge is 0.314 e. The molecule has 1 aliphatic carbocycles. The molecule has 1 heterocycles. The summed E-state index contributed by atoms with van der Waals surface area (Å²) in [4.78, 5) is 4.75. The molecule has 134 valence electrons. The average molecular weight is 403 g/mol. The fraction of sp³-hybridized carbons (Fsp3) is 0.286. The van der Waals surface area contributed by atoms with Gasteiger partial charge in [0.05, 0.1) is 28.5 Å². The van der Waals surface area contributed by atoms with Gasteiger partial charge in [0.1, 0.15) is 0 Å². The quantitative estimate of drug-likeness (QED) is 0.459. The lowest BCUT2D eigenvalue weighted by Crippen LogP contribution is -2.06. The summed E-state index contributed by atoms with van der Waals surface area (Å²) in [7, 11) is 0. The van der Waals surface area contributed by atoms with Crippen LogP contribution in [0.15, 0.2) is 59.9 Å². The third-order valence-electron chi connectivity index (χ3n) is 4.79. The van der Waals surface area contributed by atoms with Gasteiger partial charge in [-0.25, -0.2) is 4.98 Å². The van der Waals surface area contributed by atoms with Crippen LogP contribution in [-0.2, 0) is 6.54 Å². The van der Waals surface area contributed by atoms with Gasteiger partial charge in [-0.3, -0.25) is 0 Å². The van der Waals surface area contributed by atoms with E-state index >= 15 is 0 Å². The minimum Gasteiger partial charge on any atom is -0.314 e. The Morgan fingerprint density at radius 1 is 1.00 bits per heavy atom. The zero-order valence-electron chi connectivity index (χ0n) is 14.4. The summed E-state index contributed by atoms with van der Waals surface area (Å²) in [5.41, 5.74) is 3.38. The monoisotopic (exact) mass is 402 g/mol. The fourth-order valence-electron chi connectivity index (χ4n) is 3.41. The number of hydrogen-bond acceptors (Lipinski definition) is 2. The predicted molar refractivity (Wildman–Crippen MR) is 111 cm³/mol. The number of halogens is 2. The third kappa shape index (κ3) is 3.95. The molecule has 1 saturated carbocycles. The summed E-state index contributed by atoms with van der Waals surface area (Å²) in [6.07, 6.45) is 7.18. The van der Waals surface area contributed by atoms with E-state index in [-0.39, 0.29) is 0 Å². The number of nitrogens with zero attached hydrogens (tertiary/aromatic N) is 2. The van der Waals surface area contributed by atoms with Gasteiger partial charge in [-0.1, -0.05) is 84.2 Å². The van der Waals surface area contributed by atoms with E-state index in [2.05, 4.69) is 28.8 Å². The normalized spacial score (nSPS) is 14.8. The van der Waals surface area contributed by atoms with E-state index in [4.69, 9.17) is 28.2 Å². The fourth-order valence-corrected chi connectivity index (χ4v) is 4.98. The van der Waals surface area contributed by atoms with Crippen molar-refractivity contribution in [2.24, 2.45) is 0 Å². The molecule has 0 spiro atoms. The molecule has 26 heavy (non-hydrogen) atoms. The van der Waals surface area contributed by atoms with Crippen molar-refractivity contribution in [1.82, 2.24) is 9.55 Å². The van der Waals surface area contributed by atoms with E-state index in [1.807, 2.05) is 42.2 Å². The Bertz CT molecular complexity index is 886. The third-order valence-corrected chi connectivity index (χ3v) is 6.87. The van der Waals surface area contributed by atoms with Gasteiger partial charge in [0.2, 0.25) is 0 Å². The van der Waals surface area contributed by atoms with Gasteiger partial charge in [0.15, 0.2) is 5.16 Å². The zero-order valence-corrected chi connectivity index (χ0v) is 16.7. The van der Waals surface area contributed by atoms with Gasteiger partial charge in [-0.15, -0.1) is 0 Å². The number of aromatic nitrogens is 2. The number of thioether (sulfide) groups is 1. The lowest BCUT2D eigenvalue weighted by Gasteiger charge is -2.15. The van der Waals surface area contributed by atoms with E-state index in [1.54, 1.807) is 0 Å². The number of benzene rings is 2. The molecule has 0 bridgehead atoms. The SMILES string of the molecule is Clc1ccc(-c2cnc(SC3CCCC3)n2Cc2ccccc2)cc1Cl. The van der Waals surface area contributed by atoms with Gasteiger partial charge in [-0.05, 0) is 30.5 Å². The van der Waals surface area contributed by atoms with Crippen molar-refractivity contribution in [3.05, 3.63) is 70.3 Å². The Hall–Kier alpha value is -1.42. The molecular formula is C21H20Cl2N2S.